The molecule has 2 rings (SSSR count). The largest absolute Gasteiger partial charge is 0.349 e. The van der Waals surface area contributed by atoms with Gasteiger partial charge in [-0.2, -0.15) is 0 Å². The summed E-state index contributed by atoms with van der Waals surface area (Å²) >= 11 is 1.71. The second kappa shape index (κ2) is 9.36. The van der Waals surface area contributed by atoms with E-state index in [1.54, 1.807) is 18.0 Å². The molecule has 0 bridgehead atoms. The lowest BCUT2D eigenvalue weighted by Crippen LogP contribution is -2.30. The van der Waals surface area contributed by atoms with Crippen LogP contribution in [0.3, 0.4) is 0 Å². The topological polar surface area (TPSA) is 42.0 Å². The van der Waals surface area contributed by atoms with E-state index in [2.05, 4.69) is 29.4 Å². The summed E-state index contributed by atoms with van der Waals surface area (Å²) in [5, 5.41) is 3.16. The van der Waals surface area contributed by atoms with Crippen LogP contribution < -0.4 is 5.32 Å². The molecule has 1 aromatic carbocycles. The molecule has 0 spiro atoms. The van der Waals surface area contributed by atoms with Crippen molar-refractivity contribution >= 4 is 17.7 Å². The number of carbonyl (C=O) groups is 1. The minimum atomic E-state index is 0.0432. The van der Waals surface area contributed by atoms with Crippen molar-refractivity contribution < 1.29 is 4.79 Å². The first-order valence-corrected chi connectivity index (χ1v) is 9.27. The van der Waals surface area contributed by atoms with Gasteiger partial charge in [-0.3, -0.25) is 9.78 Å². The van der Waals surface area contributed by atoms with E-state index < -0.39 is 0 Å². The number of benzene rings is 1. The number of nitrogens with zero attached hydrogens (tertiary/aromatic N) is 1. The highest BCUT2D eigenvalue weighted by atomic mass is 32.2. The Morgan fingerprint density at radius 2 is 2.04 bits per heavy atom. The van der Waals surface area contributed by atoms with Crippen LogP contribution in [0.4, 0.5) is 0 Å². The summed E-state index contributed by atoms with van der Waals surface area (Å²) in [7, 11) is 0. The Hall–Kier alpha value is -1.81. The van der Waals surface area contributed by atoms with E-state index in [1.807, 2.05) is 36.7 Å². The van der Waals surface area contributed by atoms with E-state index in [0.29, 0.717) is 6.42 Å². The van der Waals surface area contributed by atoms with Crippen LogP contribution in [0.15, 0.2) is 53.7 Å². The number of aromatic nitrogens is 1. The Bertz CT molecular complexity index is 599. The summed E-state index contributed by atoms with van der Waals surface area (Å²) < 4.78 is 0. The van der Waals surface area contributed by atoms with Gasteiger partial charge in [0.25, 0.3) is 0 Å². The van der Waals surface area contributed by atoms with Gasteiger partial charge in [0.15, 0.2) is 0 Å². The number of amides is 1. The van der Waals surface area contributed by atoms with Crippen LogP contribution >= 0.6 is 11.8 Å². The third-order valence-corrected chi connectivity index (χ3v) is 4.54. The van der Waals surface area contributed by atoms with Crippen LogP contribution in [-0.2, 0) is 11.2 Å². The first-order valence-electron chi connectivity index (χ1n) is 8.05. The quantitative estimate of drug-likeness (QED) is 0.731. The zero-order chi connectivity index (χ0) is 16.5. The van der Waals surface area contributed by atoms with Crippen LogP contribution in [-0.4, -0.2) is 17.1 Å². The molecule has 0 saturated carbocycles. The number of pyridine rings is 1. The molecule has 0 aliphatic heterocycles. The third kappa shape index (κ3) is 5.71. The Morgan fingerprint density at radius 1 is 1.26 bits per heavy atom. The smallest absolute Gasteiger partial charge is 0.224 e. The average molecular weight is 328 g/mol. The highest BCUT2D eigenvalue weighted by Gasteiger charge is 2.14. The Balaban J connectivity index is 1.98. The van der Waals surface area contributed by atoms with E-state index in [-0.39, 0.29) is 11.9 Å². The van der Waals surface area contributed by atoms with Crippen molar-refractivity contribution in [2.45, 2.75) is 43.5 Å². The summed E-state index contributed by atoms with van der Waals surface area (Å²) in [6.07, 6.45) is 9.21. The summed E-state index contributed by atoms with van der Waals surface area (Å²) in [6.45, 7) is 2.16. The van der Waals surface area contributed by atoms with E-state index in [0.717, 1.165) is 30.4 Å². The third-order valence-electron chi connectivity index (χ3n) is 3.79. The number of nitrogens with one attached hydrogen (secondary N) is 1. The Labute approximate surface area is 142 Å². The monoisotopic (exact) mass is 328 g/mol. The van der Waals surface area contributed by atoms with Gasteiger partial charge >= 0.3 is 0 Å². The molecule has 1 heterocycles. The normalized spacial score (nSPS) is 11.9. The first-order chi connectivity index (χ1) is 11.2. The van der Waals surface area contributed by atoms with E-state index in [9.17, 15) is 4.79 Å². The number of hydrogen-bond donors (Lipinski definition) is 1. The van der Waals surface area contributed by atoms with E-state index in [1.165, 1.54) is 4.90 Å². The number of unbranched alkanes of at least 4 members (excludes halogenated alkanes) is 1. The second-order valence-corrected chi connectivity index (χ2v) is 6.45. The molecule has 1 amide bonds. The summed E-state index contributed by atoms with van der Waals surface area (Å²) in [5.41, 5.74) is 2.12. The zero-order valence-corrected chi connectivity index (χ0v) is 14.6. The summed E-state index contributed by atoms with van der Waals surface area (Å²) in [6, 6.07) is 12.2. The van der Waals surface area contributed by atoms with Crippen LogP contribution in [0.2, 0.25) is 0 Å². The molecule has 0 unspecified atom stereocenters. The highest BCUT2D eigenvalue weighted by molar-refractivity contribution is 7.98. The molecule has 2 aromatic rings. The van der Waals surface area contributed by atoms with Gasteiger partial charge in [-0.1, -0.05) is 38.0 Å². The highest BCUT2D eigenvalue weighted by Crippen LogP contribution is 2.19. The maximum absolute atomic E-state index is 12.4. The fourth-order valence-corrected chi connectivity index (χ4v) is 2.89. The van der Waals surface area contributed by atoms with E-state index >= 15 is 0 Å². The first kappa shape index (κ1) is 17.5. The average Bonchev–Trinajstić information content (AvgIpc) is 2.60. The van der Waals surface area contributed by atoms with Crippen LogP contribution in [0.1, 0.15) is 43.4 Å². The van der Waals surface area contributed by atoms with Gasteiger partial charge in [0.1, 0.15) is 0 Å². The maximum atomic E-state index is 12.4. The number of hydrogen-bond acceptors (Lipinski definition) is 3. The van der Waals surface area contributed by atoms with Crippen molar-refractivity contribution in [3.63, 3.8) is 0 Å². The Morgan fingerprint density at radius 3 is 2.65 bits per heavy atom. The van der Waals surface area contributed by atoms with Crippen molar-refractivity contribution in [3.8, 4) is 0 Å². The minimum absolute atomic E-state index is 0.0432. The predicted octanol–water partition coefficient (Wildman–Crippen LogP) is 4.39. The molecule has 0 fully saturated rings. The van der Waals surface area contributed by atoms with Gasteiger partial charge in [0.2, 0.25) is 5.91 Å². The molecule has 0 radical (unpaired) electrons. The molecule has 122 valence electrons. The van der Waals surface area contributed by atoms with Crippen molar-refractivity contribution in [1.29, 1.82) is 0 Å². The summed E-state index contributed by atoms with van der Waals surface area (Å²) in [5.74, 6) is 0.0619. The van der Waals surface area contributed by atoms with Gasteiger partial charge in [-0.05, 0) is 42.0 Å². The predicted molar refractivity (Wildman–Crippen MR) is 96.6 cm³/mol. The SMILES string of the molecule is CCCC[C@H](NC(=O)Cc1ccc(SC)cc1)c1cccnc1. The van der Waals surface area contributed by atoms with E-state index in [4.69, 9.17) is 0 Å². The molecule has 0 aliphatic carbocycles. The lowest BCUT2D eigenvalue weighted by atomic mass is 10.0. The van der Waals surface area contributed by atoms with Crippen molar-refractivity contribution in [3.05, 3.63) is 59.9 Å². The van der Waals surface area contributed by atoms with Gasteiger partial charge in [0.05, 0.1) is 12.5 Å². The molecule has 1 aromatic heterocycles. The molecule has 1 N–H and O–H groups in total. The van der Waals surface area contributed by atoms with Crippen LogP contribution in [0, 0.1) is 0 Å². The van der Waals surface area contributed by atoms with Gasteiger partial charge < -0.3 is 5.32 Å². The molecular weight excluding hydrogens is 304 g/mol. The lowest BCUT2D eigenvalue weighted by molar-refractivity contribution is -0.121. The Kier molecular flexibility index (Phi) is 7.14. The number of carbonyl (C=O) groups excluding carboxylic acids is 1. The molecule has 1 atom stereocenters. The van der Waals surface area contributed by atoms with Crippen molar-refractivity contribution in [2.75, 3.05) is 6.26 Å². The van der Waals surface area contributed by atoms with Gasteiger partial charge in [0, 0.05) is 17.3 Å². The fraction of sp³-hybridized carbons (Fsp3) is 0.368. The van der Waals surface area contributed by atoms with Crippen LogP contribution in [0.5, 0.6) is 0 Å². The van der Waals surface area contributed by atoms with Gasteiger partial charge in [-0.15, -0.1) is 11.8 Å². The number of thioether (sulfide) groups is 1. The second-order valence-electron chi connectivity index (χ2n) is 5.57. The van der Waals surface area contributed by atoms with Crippen molar-refractivity contribution in [1.82, 2.24) is 10.3 Å². The molecule has 4 heteroatoms. The lowest BCUT2D eigenvalue weighted by Gasteiger charge is -2.19. The van der Waals surface area contributed by atoms with Crippen LogP contribution in [0.25, 0.3) is 0 Å². The molecule has 3 nitrogen and oxygen atoms in total. The minimum Gasteiger partial charge on any atom is -0.349 e. The van der Waals surface area contributed by atoms with Crippen molar-refractivity contribution in [2.24, 2.45) is 0 Å². The molecular formula is C19H24N2OS. The number of rotatable bonds is 8. The van der Waals surface area contributed by atoms with Gasteiger partial charge in [-0.25, -0.2) is 0 Å². The molecule has 0 saturated heterocycles. The molecule has 23 heavy (non-hydrogen) atoms. The zero-order valence-electron chi connectivity index (χ0n) is 13.8. The summed E-state index contributed by atoms with van der Waals surface area (Å²) in [4.78, 5) is 17.8. The standard InChI is InChI=1S/C19H24N2OS/c1-3-4-7-18(16-6-5-12-20-14-16)21-19(22)13-15-8-10-17(23-2)11-9-15/h5-6,8-12,14,18H,3-4,7,13H2,1-2H3,(H,21,22)/t18-/m0/s1. The maximum Gasteiger partial charge on any atom is 0.224 e. The fourth-order valence-electron chi connectivity index (χ4n) is 2.49. The molecule has 0 aliphatic rings.